The monoisotopic (exact) mass is 278 g/mol. The van der Waals surface area contributed by atoms with Crippen LogP contribution in [0.15, 0.2) is 67.5 Å². The van der Waals surface area contributed by atoms with E-state index < -0.39 is 5.60 Å². The number of hydrogen-bond donors (Lipinski definition) is 0. The van der Waals surface area contributed by atoms with Crippen LogP contribution >= 0.6 is 0 Å². The van der Waals surface area contributed by atoms with Crippen molar-refractivity contribution in [3.8, 4) is 0 Å². The summed E-state index contributed by atoms with van der Waals surface area (Å²) < 4.78 is 7.93. The van der Waals surface area contributed by atoms with Crippen LogP contribution in [0.5, 0.6) is 0 Å². The van der Waals surface area contributed by atoms with Gasteiger partial charge in [0.05, 0.1) is 6.54 Å². The summed E-state index contributed by atoms with van der Waals surface area (Å²) in [5.74, 6) is 0. The van der Waals surface area contributed by atoms with E-state index in [0.717, 1.165) is 11.1 Å². The van der Waals surface area contributed by atoms with Crippen LogP contribution in [0.2, 0.25) is 0 Å². The zero-order chi connectivity index (χ0) is 14.1. The minimum absolute atomic E-state index is 0.00204. The number of ether oxygens (including phenoxy) is 1. The Morgan fingerprint density at radius 2 is 2.00 bits per heavy atom. The Bertz CT molecular complexity index is 715. The Morgan fingerprint density at radius 1 is 1.10 bits per heavy atom. The molecule has 2 atom stereocenters. The summed E-state index contributed by atoms with van der Waals surface area (Å²) in [5, 5.41) is 4.20. The smallest absolute Gasteiger partial charge is 0.144 e. The summed E-state index contributed by atoms with van der Waals surface area (Å²) in [5.41, 5.74) is 1.84. The van der Waals surface area contributed by atoms with Crippen LogP contribution in [0.4, 0.5) is 0 Å². The molecule has 2 aromatic heterocycles. The molecule has 1 aliphatic rings. The van der Waals surface area contributed by atoms with Crippen LogP contribution < -0.4 is 0 Å². The highest BCUT2D eigenvalue weighted by Crippen LogP contribution is 2.57. The van der Waals surface area contributed by atoms with Gasteiger partial charge in [-0.3, -0.25) is 4.98 Å². The Kier molecular flexibility index (Phi) is 2.79. The lowest BCUT2D eigenvalue weighted by Gasteiger charge is -2.13. The van der Waals surface area contributed by atoms with Crippen LogP contribution in [0.3, 0.4) is 0 Å². The molecule has 0 radical (unpaired) electrons. The summed E-state index contributed by atoms with van der Waals surface area (Å²) in [7, 11) is 0. The zero-order valence-corrected chi connectivity index (χ0v) is 11.3. The molecule has 2 unspecified atom stereocenters. The molecule has 5 heteroatoms. The fourth-order valence-corrected chi connectivity index (χ4v) is 2.75. The molecule has 4 rings (SSSR count). The molecule has 1 fully saturated rings. The van der Waals surface area contributed by atoms with E-state index in [0.29, 0.717) is 6.54 Å². The van der Waals surface area contributed by atoms with Gasteiger partial charge in [0, 0.05) is 18.0 Å². The molecule has 1 saturated heterocycles. The van der Waals surface area contributed by atoms with E-state index in [1.807, 2.05) is 41.2 Å². The van der Waals surface area contributed by atoms with Crippen molar-refractivity contribution in [3.05, 3.63) is 78.6 Å². The topological polar surface area (TPSA) is 56.1 Å². The van der Waals surface area contributed by atoms with Gasteiger partial charge in [-0.05, 0) is 11.6 Å². The maximum Gasteiger partial charge on any atom is 0.144 e. The number of rotatable bonds is 4. The molecule has 21 heavy (non-hydrogen) atoms. The van der Waals surface area contributed by atoms with Crippen molar-refractivity contribution in [2.24, 2.45) is 0 Å². The number of nitrogens with zero attached hydrogens (tertiary/aromatic N) is 4. The molecule has 0 N–H and O–H groups in total. The van der Waals surface area contributed by atoms with E-state index in [-0.39, 0.29) is 6.10 Å². The SMILES string of the molecule is c1ccc(C2(Cn3cncn3)OC2c2cccnc2)cc1. The predicted octanol–water partition coefficient (Wildman–Crippen LogP) is 2.34. The first-order valence-corrected chi connectivity index (χ1v) is 6.84. The predicted molar refractivity (Wildman–Crippen MR) is 76.2 cm³/mol. The molecule has 5 nitrogen and oxygen atoms in total. The lowest BCUT2D eigenvalue weighted by atomic mass is 9.92. The molecule has 3 aromatic rings. The van der Waals surface area contributed by atoms with Crippen molar-refractivity contribution in [1.29, 1.82) is 0 Å². The molecule has 104 valence electrons. The van der Waals surface area contributed by atoms with Gasteiger partial charge in [0.15, 0.2) is 0 Å². The molecule has 1 aliphatic heterocycles. The number of benzene rings is 1. The van der Waals surface area contributed by atoms with E-state index in [1.54, 1.807) is 18.9 Å². The summed E-state index contributed by atoms with van der Waals surface area (Å²) in [4.78, 5) is 8.20. The molecule has 0 bridgehead atoms. The molecule has 0 aliphatic carbocycles. The molecule has 1 aromatic carbocycles. The fraction of sp³-hybridized carbons (Fsp3) is 0.188. The van der Waals surface area contributed by atoms with Gasteiger partial charge in [0.2, 0.25) is 0 Å². The Labute approximate surface area is 122 Å². The lowest BCUT2D eigenvalue weighted by molar-refractivity contribution is 0.262. The van der Waals surface area contributed by atoms with Gasteiger partial charge in [0.25, 0.3) is 0 Å². The molecular weight excluding hydrogens is 264 g/mol. The van der Waals surface area contributed by atoms with E-state index in [9.17, 15) is 0 Å². The van der Waals surface area contributed by atoms with Gasteiger partial charge < -0.3 is 4.74 Å². The van der Waals surface area contributed by atoms with Gasteiger partial charge >= 0.3 is 0 Å². The highest BCUT2D eigenvalue weighted by molar-refractivity contribution is 5.34. The fourth-order valence-electron chi connectivity index (χ4n) is 2.75. The second-order valence-electron chi connectivity index (χ2n) is 5.13. The number of pyridine rings is 1. The highest BCUT2D eigenvalue weighted by atomic mass is 16.6. The third kappa shape index (κ3) is 2.11. The van der Waals surface area contributed by atoms with E-state index >= 15 is 0 Å². The second kappa shape index (κ2) is 4.79. The molecule has 0 saturated carbocycles. The molecular formula is C16H14N4O. The van der Waals surface area contributed by atoms with E-state index in [2.05, 4.69) is 27.2 Å². The first-order chi connectivity index (χ1) is 10.4. The number of epoxide rings is 1. The summed E-state index contributed by atoms with van der Waals surface area (Å²) in [6.45, 7) is 0.635. The highest BCUT2D eigenvalue weighted by Gasteiger charge is 2.59. The second-order valence-corrected chi connectivity index (χ2v) is 5.13. The average molecular weight is 278 g/mol. The third-order valence-electron chi connectivity index (χ3n) is 3.81. The zero-order valence-electron chi connectivity index (χ0n) is 11.3. The Morgan fingerprint density at radius 3 is 2.71 bits per heavy atom. The Hall–Kier alpha value is -2.53. The molecule has 0 amide bonds. The van der Waals surface area contributed by atoms with Gasteiger partial charge in [-0.2, -0.15) is 5.10 Å². The standard InChI is InChI=1S/C16H14N4O/c1-2-6-14(7-3-1)16(10-20-12-18-11-19-20)15(21-16)13-5-4-8-17-9-13/h1-9,11-12,15H,10H2. The van der Waals surface area contributed by atoms with Crippen LogP contribution in [0.1, 0.15) is 17.2 Å². The molecule has 3 heterocycles. The van der Waals surface area contributed by atoms with Gasteiger partial charge in [-0.15, -0.1) is 0 Å². The quantitative estimate of drug-likeness (QED) is 0.687. The summed E-state index contributed by atoms with van der Waals surface area (Å²) >= 11 is 0. The van der Waals surface area contributed by atoms with Crippen molar-refractivity contribution in [3.63, 3.8) is 0 Å². The van der Waals surface area contributed by atoms with Crippen LogP contribution in [-0.2, 0) is 16.9 Å². The van der Waals surface area contributed by atoms with E-state index in [4.69, 9.17) is 4.74 Å². The van der Waals surface area contributed by atoms with Crippen LogP contribution in [0.25, 0.3) is 0 Å². The largest absolute Gasteiger partial charge is 0.354 e. The molecule has 0 spiro atoms. The van der Waals surface area contributed by atoms with Crippen molar-refractivity contribution in [1.82, 2.24) is 19.7 Å². The van der Waals surface area contributed by atoms with Crippen molar-refractivity contribution >= 4 is 0 Å². The Balaban J connectivity index is 1.72. The third-order valence-corrected chi connectivity index (χ3v) is 3.81. The van der Waals surface area contributed by atoms with Gasteiger partial charge in [-0.25, -0.2) is 9.67 Å². The average Bonchev–Trinajstić information content (AvgIpc) is 3.05. The van der Waals surface area contributed by atoms with Crippen LogP contribution in [0, 0.1) is 0 Å². The number of aromatic nitrogens is 4. The minimum atomic E-state index is -0.391. The maximum absolute atomic E-state index is 6.12. The van der Waals surface area contributed by atoms with Crippen molar-refractivity contribution in [2.75, 3.05) is 0 Å². The van der Waals surface area contributed by atoms with Gasteiger partial charge in [-0.1, -0.05) is 36.4 Å². The van der Waals surface area contributed by atoms with E-state index in [1.165, 1.54) is 0 Å². The van der Waals surface area contributed by atoms with Crippen molar-refractivity contribution in [2.45, 2.75) is 18.2 Å². The van der Waals surface area contributed by atoms with Crippen LogP contribution in [-0.4, -0.2) is 19.7 Å². The normalized spacial score (nSPS) is 23.9. The maximum atomic E-state index is 6.12. The minimum Gasteiger partial charge on any atom is -0.354 e. The first-order valence-electron chi connectivity index (χ1n) is 6.84. The first kappa shape index (κ1) is 12.2. The van der Waals surface area contributed by atoms with Crippen molar-refractivity contribution < 1.29 is 4.74 Å². The lowest BCUT2D eigenvalue weighted by Crippen LogP contribution is -2.19. The summed E-state index contributed by atoms with van der Waals surface area (Å²) in [6, 6.07) is 14.2. The number of hydrogen-bond acceptors (Lipinski definition) is 4. The summed E-state index contributed by atoms with van der Waals surface area (Å²) in [6.07, 6.45) is 6.88. The van der Waals surface area contributed by atoms with Gasteiger partial charge in [0.1, 0.15) is 24.4 Å².